The van der Waals surface area contributed by atoms with Crippen LogP contribution in [0.3, 0.4) is 0 Å². The van der Waals surface area contributed by atoms with Gasteiger partial charge in [-0.2, -0.15) is 0 Å². The molecule has 2 N–H and O–H groups in total. The Morgan fingerprint density at radius 2 is 2.12 bits per heavy atom. The Kier molecular flexibility index (Phi) is 7.20. The molecule has 0 atom stereocenters. The molecule has 1 aliphatic rings. The number of morpholine rings is 1. The number of urea groups is 1. The number of aryl methyl sites for hydroxylation is 1. The number of carbonyl (C=O) groups is 1. The Hall–Kier alpha value is -1.93. The van der Waals surface area contributed by atoms with Crippen LogP contribution in [0.5, 0.6) is 5.75 Å². The fourth-order valence-corrected chi connectivity index (χ4v) is 2.31. The number of hydrogen-bond donors (Lipinski definition) is 2. The summed E-state index contributed by atoms with van der Waals surface area (Å²) in [4.78, 5) is 14.1. The summed E-state index contributed by atoms with van der Waals surface area (Å²) < 4.78 is 34.8. The molecule has 0 spiro atoms. The van der Waals surface area contributed by atoms with Crippen LogP contribution in [0.25, 0.3) is 0 Å². The van der Waals surface area contributed by atoms with Gasteiger partial charge in [0.25, 0.3) is 6.43 Å². The average molecular weight is 343 g/mol. The predicted octanol–water partition coefficient (Wildman–Crippen LogP) is 2.09. The topological polar surface area (TPSA) is 62.8 Å². The maximum absolute atomic E-state index is 12.2. The Morgan fingerprint density at radius 1 is 1.38 bits per heavy atom. The molecule has 8 heteroatoms. The van der Waals surface area contributed by atoms with Gasteiger partial charge < -0.3 is 20.1 Å². The summed E-state index contributed by atoms with van der Waals surface area (Å²) in [7, 11) is 0. The number of anilines is 1. The van der Waals surface area contributed by atoms with Crippen molar-refractivity contribution in [2.24, 2.45) is 0 Å². The van der Waals surface area contributed by atoms with E-state index in [2.05, 4.69) is 15.5 Å². The largest absolute Gasteiger partial charge is 0.487 e. The summed E-state index contributed by atoms with van der Waals surface area (Å²) in [5, 5.41) is 5.44. The van der Waals surface area contributed by atoms with E-state index in [1.54, 1.807) is 25.1 Å². The maximum Gasteiger partial charge on any atom is 0.319 e. The number of amides is 2. The third-order valence-corrected chi connectivity index (χ3v) is 3.63. The van der Waals surface area contributed by atoms with E-state index < -0.39 is 13.0 Å². The standard InChI is InChI=1S/C16H23F2N3O3/c1-12-2-3-13(10-14(12)24-11-15(17)18)20-16(22)19-4-5-21-6-8-23-9-7-21/h2-3,10,15H,4-9,11H2,1H3,(H2,19,20,22). The van der Waals surface area contributed by atoms with Gasteiger partial charge in [0.2, 0.25) is 0 Å². The zero-order chi connectivity index (χ0) is 17.4. The van der Waals surface area contributed by atoms with Gasteiger partial charge in [0.15, 0.2) is 0 Å². The minimum absolute atomic E-state index is 0.335. The van der Waals surface area contributed by atoms with Gasteiger partial charge in [-0.3, -0.25) is 4.90 Å². The summed E-state index contributed by atoms with van der Waals surface area (Å²) in [6, 6.07) is 4.61. The normalized spacial score (nSPS) is 15.3. The van der Waals surface area contributed by atoms with Gasteiger partial charge in [-0.25, -0.2) is 13.6 Å². The van der Waals surface area contributed by atoms with Crippen molar-refractivity contribution in [3.8, 4) is 5.75 Å². The molecule has 0 aliphatic carbocycles. The fourth-order valence-electron chi connectivity index (χ4n) is 2.31. The van der Waals surface area contributed by atoms with Crippen LogP contribution < -0.4 is 15.4 Å². The van der Waals surface area contributed by atoms with Crippen LogP contribution in [0, 0.1) is 6.92 Å². The Morgan fingerprint density at radius 3 is 2.83 bits per heavy atom. The molecule has 1 aromatic carbocycles. The van der Waals surface area contributed by atoms with Gasteiger partial charge in [-0.05, 0) is 18.6 Å². The van der Waals surface area contributed by atoms with Gasteiger partial charge >= 0.3 is 6.03 Å². The molecule has 1 aromatic rings. The first kappa shape index (κ1) is 18.4. The molecule has 2 rings (SSSR count). The molecule has 1 heterocycles. The summed E-state index contributed by atoms with van der Waals surface area (Å²) in [6.07, 6.45) is -2.54. The highest BCUT2D eigenvalue weighted by Crippen LogP contribution is 2.23. The van der Waals surface area contributed by atoms with Crippen molar-refractivity contribution in [3.05, 3.63) is 23.8 Å². The molecule has 134 valence electrons. The lowest BCUT2D eigenvalue weighted by Gasteiger charge is -2.26. The lowest BCUT2D eigenvalue weighted by molar-refractivity contribution is 0.0388. The van der Waals surface area contributed by atoms with Crippen molar-refractivity contribution in [1.29, 1.82) is 0 Å². The minimum Gasteiger partial charge on any atom is -0.487 e. The number of alkyl halides is 2. The maximum atomic E-state index is 12.2. The predicted molar refractivity (Wildman–Crippen MR) is 87.0 cm³/mol. The molecule has 1 fully saturated rings. The fraction of sp³-hybridized carbons (Fsp3) is 0.562. The number of nitrogens with one attached hydrogen (secondary N) is 2. The van der Waals surface area contributed by atoms with Crippen LogP contribution in [-0.4, -0.2) is 63.4 Å². The number of halogens is 2. The van der Waals surface area contributed by atoms with E-state index in [1.807, 2.05) is 0 Å². The number of nitrogens with zero attached hydrogens (tertiary/aromatic N) is 1. The quantitative estimate of drug-likeness (QED) is 0.796. The Bertz CT molecular complexity index is 537. The summed E-state index contributed by atoms with van der Waals surface area (Å²) >= 11 is 0. The second-order valence-electron chi connectivity index (χ2n) is 5.52. The third-order valence-electron chi connectivity index (χ3n) is 3.63. The van der Waals surface area contributed by atoms with Crippen LogP contribution in [0.4, 0.5) is 19.3 Å². The van der Waals surface area contributed by atoms with E-state index in [4.69, 9.17) is 9.47 Å². The van der Waals surface area contributed by atoms with Gasteiger partial charge in [0.1, 0.15) is 12.4 Å². The lowest BCUT2D eigenvalue weighted by Crippen LogP contribution is -2.42. The van der Waals surface area contributed by atoms with Crippen molar-refractivity contribution in [2.45, 2.75) is 13.3 Å². The van der Waals surface area contributed by atoms with Crippen molar-refractivity contribution >= 4 is 11.7 Å². The molecule has 0 aromatic heterocycles. The van der Waals surface area contributed by atoms with E-state index in [1.165, 1.54) is 0 Å². The number of rotatable bonds is 7. The zero-order valence-corrected chi connectivity index (χ0v) is 13.7. The van der Waals surface area contributed by atoms with Crippen LogP contribution in [-0.2, 0) is 4.74 Å². The number of ether oxygens (including phenoxy) is 2. The van der Waals surface area contributed by atoms with Gasteiger partial charge in [0, 0.05) is 37.9 Å². The Balaban J connectivity index is 1.77. The Labute approximate surface area is 140 Å². The molecule has 0 saturated carbocycles. The zero-order valence-electron chi connectivity index (χ0n) is 13.7. The highest BCUT2D eigenvalue weighted by Gasteiger charge is 2.11. The molecule has 1 aliphatic heterocycles. The van der Waals surface area contributed by atoms with E-state index in [-0.39, 0.29) is 6.03 Å². The first-order valence-corrected chi connectivity index (χ1v) is 7.91. The van der Waals surface area contributed by atoms with E-state index in [0.29, 0.717) is 18.0 Å². The van der Waals surface area contributed by atoms with Crippen molar-refractivity contribution in [3.63, 3.8) is 0 Å². The van der Waals surface area contributed by atoms with Crippen molar-refractivity contribution < 1.29 is 23.0 Å². The van der Waals surface area contributed by atoms with Gasteiger partial charge in [-0.1, -0.05) is 6.07 Å². The average Bonchev–Trinajstić information content (AvgIpc) is 2.56. The molecule has 2 amide bonds. The van der Waals surface area contributed by atoms with Gasteiger partial charge in [-0.15, -0.1) is 0 Å². The third kappa shape index (κ3) is 6.29. The van der Waals surface area contributed by atoms with E-state index >= 15 is 0 Å². The molecule has 0 bridgehead atoms. The molecule has 0 radical (unpaired) electrons. The molecule has 0 unspecified atom stereocenters. The highest BCUT2D eigenvalue weighted by molar-refractivity contribution is 5.89. The van der Waals surface area contributed by atoms with Crippen LogP contribution in [0.2, 0.25) is 0 Å². The molecular formula is C16H23F2N3O3. The molecule has 1 saturated heterocycles. The van der Waals surface area contributed by atoms with Crippen LogP contribution in [0.1, 0.15) is 5.56 Å². The number of benzene rings is 1. The summed E-state index contributed by atoms with van der Waals surface area (Å²) in [6.45, 7) is 5.54. The number of hydrogen-bond acceptors (Lipinski definition) is 4. The SMILES string of the molecule is Cc1ccc(NC(=O)NCCN2CCOCC2)cc1OCC(F)F. The van der Waals surface area contributed by atoms with Gasteiger partial charge in [0.05, 0.1) is 13.2 Å². The first-order valence-electron chi connectivity index (χ1n) is 7.91. The molecular weight excluding hydrogens is 320 g/mol. The van der Waals surface area contributed by atoms with Crippen molar-refractivity contribution in [1.82, 2.24) is 10.2 Å². The lowest BCUT2D eigenvalue weighted by atomic mass is 10.2. The minimum atomic E-state index is -2.54. The number of carbonyl (C=O) groups excluding carboxylic acids is 1. The molecule has 6 nitrogen and oxygen atoms in total. The second kappa shape index (κ2) is 9.39. The van der Waals surface area contributed by atoms with Crippen LogP contribution in [0.15, 0.2) is 18.2 Å². The van der Waals surface area contributed by atoms with Crippen molar-refractivity contribution in [2.75, 3.05) is 51.3 Å². The monoisotopic (exact) mass is 343 g/mol. The van der Waals surface area contributed by atoms with E-state index in [9.17, 15) is 13.6 Å². The summed E-state index contributed by atoms with van der Waals surface area (Å²) in [5.74, 6) is 0.335. The summed E-state index contributed by atoms with van der Waals surface area (Å²) in [5.41, 5.74) is 1.22. The first-order chi connectivity index (χ1) is 11.5. The van der Waals surface area contributed by atoms with Crippen LogP contribution >= 0.6 is 0 Å². The van der Waals surface area contributed by atoms with E-state index in [0.717, 1.165) is 38.4 Å². The molecule has 24 heavy (non-hydrogen) atoms. The smallest absolute Gasteiger partial charge is 0.319 e. The highest BCUT2D eigenvalue weighted by atomic mass is 19.3. The second-order valence-corrected chi connectivity index (χ2v) is 5.52.